The Bertz CT molecular complexity index is 1540. The fraction of sp³-hybridized carbons (Fsp3) is 0.208. The average Bonchev–Trinajstić information content (AvgIpc) is 3.17. The van der Waals surface area contributed by atoms with Crippen molar-refractivity contribution in [2.75, 3.05) is 6.54 Å². The highest BCUT2D eigenvalue weighted by Gasteiger charge is 2.27. The molecule has 0 N–H and O–H groups in total. The van der Waals surface area contributed by atoms with Crippen molar-refractivity contribution in [1.29, 1.82) is 0 Å². The number of thiophene rings is 1. The van der Waals surface area contributed by atoms with Crippen LogP contribution in [0.5, 0.6) is 0 Å². The van der Waals surface area contributed by atoms with Gasteiger partial charge in [0.2, 0.25) is 5.91 Å². The van der Waals surface area contributed by atoms with E-state index in [2.05, 4.69) is 0 Å². The summed E-state index contributed by atoms with van der Waals surface area (Å²) in [6, 6.07) is 12.8. The van der Waals surface area contributed by atoms with Gasteiger partial charge in [-0.05, 0) is 36.2 Å². The lowest BCUT2D eigenvalue weighted by Gasteiger charge is -2.25. The van der Waals surface area contributed by atoms with E-state index >= 15 is 0 Å². The standard InChI is InChI=1S/C24H19ClFN3O3S/c1-14(30)27-10-9-18-20(13-27)33-23-21(18)22(31)29(17-7-4-6-16(25)11-17)24(32)28(23)12-15-5-2-3-8-19(15)26/h2-8,11H,9-10,12-13H2,1H3. The summed E-state index contributed by atoms with van der Waals surface area (Å²) in [6.07, 6.45) is 0.512. The van der Waals surface area contributed by atoms with Crippen molar-refractivity contribution in [3.8, 4) is 5.69 Å². The lowest BCUT2D eigenvalue weighted by atomic mass is 10.1. The Morgan fingerprint density at radius 2 is 1.94 bits per heavy atom. The molecule has 6 nitrogen and oxygen atoms in total. The zero-order chi connectivity index (χ0) is 23.3. The van der Waals surface area contributed by atoms with E-state index in [0.717, 1.165) is 15.0 Å². The lowest BCUT2D eigenvalue weighted by Crippen LogP contribution is -2.39. The Kier molecular flexibility index (Phi) is 5.42. The van der Waals surface area contributed by atoms with Crippen LogP contribution in [0, 0.1) is 5.82 Å². The van der Waals surface area contributed by atoms with Gasteiger partial charge in [-0.3, -0.25) is 14.2 Å². The minimum absolute atomic E-state index is 0.0291. The molecule has 9 heteroatoms. The number of benzene rings is 2. The van der Waals surface area contributed by atoms with Crippen LogP contribution in [0.3, 0.4) is 0 Å². The van der Waals surface area contributed by atoms with Gasteiger partial charge < -0.3 is 4.90 Å². The second-order valence-electron chi connectivity index (χ2n) is 7.96. The summed E-state index contributed by atoms with van der Waals surface area (Å²) in [5.74, 6) is -0.472. The van der Waals surface area contributed by atoms with Crippen molar-refractivity contribution < 1.29 is 9.18 Å². The predicted molar refractivity (Wildman–Crippen MR) is 127 cm³/mol. The van der Waals surface area contributed by atoms with E-state index in [9.17, 15) is 18.8 Å². The SMILES string of the molecule is CC(=O)N1CCc2c(sc3c2c(=O)n(-c2cccc(Cl)c2)c(=O)n3Cc2ccccc2F)C1. The number of nitrogens with zero attached hydrogens (tertiary/aromatic N) is 3. The third-order valence-electron chi connectivity index (χ3n) is 5.92. The van der Waals surface area contributed by atoms with Crippen molar-refractivity contribution in [2.24, 2.45) is 0 Å². The van der Waals surface area contributed by atoms with Crippen molar-refractivity contribution in [2.45, 2.75) is 26.4 Å². The van der Waals surface area contributed by atoms with Crippen LogP contribution in [0.2, 0.25) is 5.02 Å². The summed E-state index contributed by atoms with van der Waals surface area (Å²) in [6.45, 7) is 2.36. The van der Waals surface area contributed by atoms with E-state index in [1.807, 2.05) is 0 Å². The molecule has 0 fully saturated rings. The number of hydrogen-bond acceptors (Lipinski definition) is 4. The average molecular weight is 484 g/mol. The number of carbonyl (C=O) groups is 1. The highest BCUT2D eigenvalue weighted by atomic mass is 35.5. The Morgan fingerprint density at radius 3 is 2.67 bits per heavy atom. The molecule has 0 saturated heterocycles. The minimum atomic E-state index is -0.569. The maximum atomic E-state index is 14.5. The summed E-state index contributed by atoms with van der Waals surface area (Å²) >= 11 is 7.45. The largest absolute Gasteiger partial charge is 0.337 e. The number of hydrogen-bond donors (Lipinski definition) is 0. The van der Waals surface area contributed by atoms with Crippen LogP contribution in [-0.4, -0.2) is 26.5 Å². The van der Waals surface area contributed by atoms with Crippen molar-refractivity contribution >= 4 is 39.1 Å². The van der Waals surface area contributed by atoms with E-state index in [4.69, 9.17) is 11.6 Å². The Labute approximate surface area is 197 Å². The third-order valence-corrected chi connectivity index (χ3v) is 7.40. The summed E-state index contributed by atoms with van der Waals surface area (Å²) in [5.41, 5.74) is 0.531. The molecule has 0 aliphatic carbocycles. The van der Waals surface area contributed by atoms with Crippen LogP contribution >= 0.6 is 22.9 Å². The molecule has 0 unspecified atom stereocenters. The summed E-state index contributed by atoms with van der Waals surface area (Å²) < 4.78 is 17.0. The van der Waals surface area contributed by atoms with Gasteiger partial charge in [-0.25, -0.2) is 13.8 Å². The Morgan fingerprint density at radius 1 is 1.15 bits per heavy atom. The first-order valence-corrected chi connectivity index (χ1v) is 11.6. The van der Waals surface area contributed by atoms with Gasteiger partial charge in [0.15, 0.2) is 0 Å². The number of fused-ring (bicyclic) bond motifs is 3. The van der Waals surface area contributed by atoms with Crippen LogP contribution in [0.15, 0.2) is 58.1 Å². The van der Waals surface area contributed by atoms with E-state index in [1.165, 1.54) is 28.9 Å². The van der Waals surface area contributed by atoms with Crippen LogP contribution in [0.25, 0.3) is 15.9 Å². The summed E-state index contributed by atoms with van der Waals surface area (Å²) in [7, 11) is 0. The van der Waals surface area contributed by atoms with Crippen LogP contribution in [0.1, 0.15) is 22.9 Å². The van der Waals surface area contributed by atoms with Crippen molar-refractivity contribution in [3.63, 3.8) is 0 Å². The quantitative estimate of drug-likeness (QED) is 0.443. The highest BCUT2D eigenvalue weighted by molar-refractivity contribution is 7.18. The van der Waals surface area contributed by atoms with Crippen LogP contribution < -0.4 is 11.2 Å². The summed E-state index contributed by atoms with van der Waals surface area (Å²) in [4.78, 5) is 42.2. The molecule has 2 aromatic heterocycles. The Hall–Kier alpha value is -3.23. The Balaban J connectivity index is 1.82. The molecular formula is C24H19ClFN3O3S. The first-order chi connectivity index (χ1) is 15.8. The molecule has 33 heavy (non-hydrogen) atoms. The van der Waals surface area contributed by atoms with Gasteiger partial charge in [0.1, 0.15) is 10.6 Å². The van der Waals surface area contributed by atoms with Gasteiger partial charge >= 0.3 is 5.69 Å². The van der Waals surface area contributed by atoms with Crippen LogP contribution in [0.4, 0.5) is 4.39 Å². The zero-order valence-corrected chi connectivity index (χ0v) is 19.3. The first-order valence-electron chi connectivity index (χ1n) is 10.4. The van der Waals surface area contributed by atoms with E-state index in [-0.39, 0.29) is 12.5 Å². The summed E-state index contributed by atoms with van der Waals surface area (Å²) in [5, 5.41) is 0.832. The zero-order valence-electron chi connectivity index (χ0n) is 17.7. The molecule has 1 aliphatic heterocycles. The molecule has 4 aromatic rings. The number of halogens is 2. The molecular weight excluding hydrogens is 465 g/mol. The molecule has 168 valence electrons. The van der Waals surface area contributed by atoms with Crippen molar-refractivity contribution in [3.05, 3.63) is 96.2 Å². The maximum absolute atomic E-state index is 14.5. The molecule has 2 aromatic carbocycles. The minimum Gasteiger partial charge on any atom is -0.337 e. The number of aromatic nitrogens is 2. The molecule has 0 radical (unpaired) electrons. The van der Waals surface area contributed by atoms with Gasteiger partial charge in [-0.15, -0.1) is 11.3 Å². The third kappa shape index (κ3) is 3.69. The highest BCUT2D eigenvalue weighted by Crippen LogP contribution is 2.33. The fourth-order valence-corrected chi connectivity index (χ4v) is 5.79. The van der Waals surface area contributed by atoms with E-state index < -0.39 is 17.1 Å². The van der Waals surface area contributed by atoms with Gasteiger partial charge in [0.05, 0.1) is 24.2 Å². The van der Waals surface area contributed by atoms with Gasteiger partial charge in [-0.1, -0.05) is 35.9 Å². The topological polar surface area (TPSA) is 64.3 Å². The van der Waals surface area contributed by atoms with E-state index in [1.54, 1.807) is 47.4 Å². The molecule has 0 bridgehead atoms. The first kappa shape index (κ1) is 21.6. The number of rotatable bonds is 3. The number of amides is 1. The van der Waals surface area contributed by atoms with Gasteiger partial charge in [0.25, 0.3) is 5.56 Å². The molecule has 0 spiro atoms. The van der Waals surface area contributed by atoms with Gasteiger partial charge in [-0.2, -0.15) is 0 Å². The van der Waals surface area contributed by atoms with Gasteiger partial charge in [0, 0.05) is 28.9 Å². The molecule has 3 heterocycles. The lowest BCUT2D eigenvalue weighted by molar-refractivity contribution is -0.129. The van der Waals surface area contributed by atoms with Crippen LogP contribution in [-0.2, 0) is 24.3 Å². The second-order valence-corrected chi connectivity index (χ2v) is 9.48. The molecule has 1 aliphatic rings. The number of carbonyl (C=O) groups excluding carboxylic acids is 1. The maximum Gasteiger partial charge on any atom is 0.337 e. The molecule has 5 rings (SSSR count). The molecule has 0 atom stereocenters. The molecule has 0 saturated carbocycles. The predicted octanol–water partition coefficient (Wildman–Crippen LogP) is 3.96. The smallest absolute Gasteiger partial charge is 0.337 e. The van der Waals surface area contributed by atoms with E-state index in [0.29, 0.717) is 46.0 Å². The monoisotopic (exact) mass is 483 g/mol. The molecule has 1 amide bonds. The van der Waals surface area contributed by atoms with Crippen molar-refractivity contribution in [1.82, 2.24) is 14.0 Å². The second kappa shape index (κ2) is 8.28. The normalized spacial score (nSPS) is 13.4. The fourth-order valence-electron chi connectivity index (χ4n) is 4.25.